The first-order valence-corrected chi connectivity index (χ1v) is 5.89. The summed E-state index contributed by atoms with van der Waals surface area (Å²) in [5, 5.41) is 8.83. The Balaban J connectivity index is 2.23. The highest BCUT2D eigenvalue weighted by atomic mass is 16.5. The molecule has 0 aliphatic rings. The minimum Gasteiger partial charge on any atom is -0.476 e. The molecule has 98 valence electrons. The number of aromatic nitrogens is 2. The molecule has 5 nitrogen and oxygen atoms in total. The van der Waals surface area contributed by atoms with Gasteiger partial charge in [-0.15, -0.1) is 0 Å². The van der Waals surface area contributed by atoms with Crippen molar-refractivity contribution in [3.8, 4) is 11.6 Å². The number of rotatable bonds is 4. The third-order valence-electron chi connectivity index (χ3n) is 2.58. The molecule has 1 N–H and O–H groups in total. The van der Waals surface area contributed by atoms with Crippen molar-refractivity contribution in [2.24, 2.45) is 0 Å². The smallest absolute Gasteiger partial charge is 0.356 e. The van der Waals surface area contributed by atoms with Crippen molar-refractivity contribution in [3.63, 3.8) is 0 Å². The van der Waals surface area contributed by atoms with Gasteiger partial charge in [0.25, 0.3) is 0 Å². The van der Waals surface area contributed by atoms with E-state index in [9.17, 15) is 4.79 Å². The van der Waals surface area contributed by atoms with Crippen LogP contribution in [-0.4, -0.2) is 21.0 Å². The average Bonchev–Trinajstić information content (AvgIpc) is 2.39. The summed E-state index contributed by atoms with van der Waals surface area (Å²) in [7, 11) is 0. The Labute approximate surface area is 110 Å². The Bertz CT molecular complexity index is 597. The predicted octanol–water partition coefficient (Wildman–Crippen LogP) is 3.09. The van der Waals surface area contributed by atoms with Gasteiger partial charge in [-0.2, -0.15) is 0 Å². The first-order chi connectivity index (χ1) is 9.06. The topological polar surface area (TPSA) is 72.3 Å². The maximum atomic E-state index is 10.8. The molecule has 0 atom stereocenters. The van der Waals surface area contributed by atoms with Crippen molar-refractivity contribution in [3.05, 3.63) is 47.9 Å². The predicted molar refractivity (Wildman–Crippen MR) is 69.6 cm³/mol. The van der Waals surface area contributed by atoms with Crippen LogP contribution in [-0.2, 0) is 0 Å². The van der Waals surface area contributed by atoms with E-state index in [1.165, 1.54) is 12.4 Å². The van der Waals surface area contributed by atoms with Crippen LogP contribution in [0.25, 0.3) is 0 Å². The number of aromatic carboxylic acids is 1. The molecule has 0 saturated carbocycles. The van der Waals surface area contributed by atoms with Crippen LogP contribution >= 0.6 is 0 Å². The normalized spacial score (nSPS) is 10.5. The molecule has 1 aromatic carbocycles. The highest BCUT2D eigenvalue weighted by Gasteiger charge is 2.08. The van der Waals surface area contributed by atoms with E-state index in [2.05, 4.69) is 23.8 Å². The van der Waals surface area contributed by atoms with Gasteiger partial charge in [-0.1, -0.05) is 26.0 Å². The Morgan fingerprint density at radius 3 is 2.79 bits per heavy atom. The lowest BCUT2D eigenvalue weighted by Crippen LogP contribution is -2.02. The Morgan fingerprint density at radius 1 is 1.32 bits per heavy atom. The SMILES string of the molecule is CC(C)c1cccc(Oc2cncc(C(=O)O)n2)c1. The lowest BCUT2D eigenvalue weighted by atomic mass is 10.0. The molecule has 0 fully saturated rings. The van der Waals surface area contributed by atoms with Crippen LogP contribution < -0.4 is 4.74 Å². The highest BCUT2D eigenvalue weighted by molar-refractivity contribution is 5.84. The van der Waals surface area contributed by atoms with Crippen molar-refractivity contribution in [2.75, 3.05) is 0 Å². The summed E-state index contributed by atoms with van der Waals surface area (Å²) >= 11 is 0. The van der Waals surface area contributed by atoms with Crippen LogP contribution in [0.3, 0.4) is 0 Å². The molecule has 0 saturated heterocycles. The van der Waals surface area contributed by atoms with E-state index in [1.54, 1.807) is 6.07 Å². The molecule has 2 aromatic rings. The maximum absolute atomic E-state index is 10.8. The number of hydrogen-bond acceptors (Lipinski definition) is 4. The van der Waals surface area contributed by atoms with Crippen molar-refractivity contribution in [1.82, 2.24) is 9.97 Å². The molecule has 0 bridgehead atoms. The Hall–Kier alpha value is -2.43. The van der Waals surface area contributed by atoms with E-state index in [-0.39, 0.29) is 11.6 Å². The molecule has 5 heteroatoms. The molecule has 0 aliphatic carbocycles. The number of nitrogens with zero attached hydrogens (tertiary/aromatic N) is 2. The molecule has 0 amide bonds. The minimum atomic E-state index is -1.13. The van der Waals surface area contributed by atoms with Gasteiger partial charge < -0.3 is 9.84 Å². The zero-order valence-electron chi connectivity index (χ0n) is 10.7. The Kier molecular flexibility index (Phi) is 3.75. The van der Waals surface area contributed by atoms with Crippen LogP contribution in [0.2, 0.25) is 0 Å². The molecule has 0 radical (unpaired) electrons. The summed E-state index contributed by atoms with van der Waals surface area (Å²) in [6.45, 7) is 4.17. The maximum Gasteiger partial charge on any atom is 0.356 e. The van der Waals surface area contributed by atoms with Gasteiger partial charge in [0.05, 0.1) is 12.4 Å². The first kappa shape index (κ1) is 13.0. The van der Waals surface area contributed by atoms with E-state index >= 15 is 0 Å². The molecule has 19 heavy (non-hydrogen) atoms. The van der Waals surface area contributed by atoms with Gasteiger partial charge >= 0.3 is 5.97 Å². The molecular weight excluding hydrogens is 244 g/mol. The lowest BCUT2D eigenvalue weighted by molar-refractivity contribution is 0.0689. The zero-order valence-corrected chi connectivity index (χ0v) is 10.7. The number of carbonyl (C=O) groups is 1. The quantitative estimate of drug-likeness (QED) is 0.912. The second-order valence-corrected chi connectivity index (χ2v) is 4.38. The molecular formula is C14H14N2O3. The zero-order chi connectivity index (χ0) is 13.8. The second-order valence-electron chi connectivity index (χ2n) is 4.38. The van der Waals surface area contributed by atoms with Crippen molar-refractivity contribution in [2.45, 2.75) is 19.8 Å². The van der Waals surface area contributed by atoms with Gasteiger partial charge in [0.1, 0.15) is 5.75 Å². The number of benzene rings is 1. The van der Waals surface area contributed by atoms with Gasteiger partial charge in [-0.3, -0.25) is 4.98 Å². The fraction of sp³-hybridized carbons (Fsp3) is 0.214. The van der Waals surface area contributed by atoms with E-state index in [0.29, 0.717) is 11.7 Å². The third-order valence-corrected chi connectivity index (χ3v) is 2.58. The van der Waals surface area contributed by atoms with E-state index in [1.807, 2.05) is 18.2 Å². The number of carboxylic acids is 1. The second kappa shape index (κ2) is 5.48. The van der Waals surface area contributed by atoms with Gasteiger partial charge in [0.15, 0.2) is 5.69 Å². The molecule has 2 rings (SSSR count). The molecule has 1 heterocycles. The van der Waals surface area contributed by atoms with E-state index in [0.717, 1.165) is 5.56 Å². The molecule has 0 aliphatic heterocycles. The monoisotopic (exact) mass is 258 g/mol. The molecule has 0 spiro atoms. The lowest BCUT2D eigenvalue weighted by Gasteiger charge is -2.09. The number of hydrogen-bond donors (Lipinski definition) is 1. The van der Waals surface area contributed by atoms with Crippen LogP contribution in [0.5, 0.6) is 11.6 Å². The average molecular weight is 258 g/mol. The summed E-state index contributed by atoms with van der Waals surface area (Å²) in [6, 6.07) is 7.59. The first-order valence-electron chi connectivity index (χ1n) is 5.89. The fourth-order valence-electron chi connectivity index (χ4n) is 1.56. The van der Waals surface area contributed by atoms with Crippen molar-refractivity contribution in [1.29, 1.82) is 0 Å². The van der Waals surface area contributed by atoms with Gasteiger partial charge in [-0.05, 0) is 23.6 Å². The largest absolute Gasteiger partial charge is 0.476 e. The van der Waals surface area contributed by atoms with E-state index < -0.39 is 5.97 Å². The number of ether oxygens (including phenoxy) is 1. The van der Waals surface area contributed by atoms with Crippen LogP contribution in [0.4, 0.5) is 0 Å². The summed E-state index contributed by atoms with van der Waals surface area (Å²) < 4.78 is 5.52. The van der Waals surface area contributed by atoms with Crippen molar-refractivity contribution >= 4 is 5.97 Å². The van der Waals surface area contributed by atoms with Crippen molar-refractivity contribution < 1.29 is 14.6 Å². The molecule has 0 unspecified atom stereocenters. The van der Waals surface area contributed by atoms with E-state index in [4.69, 9.17) is 9.84 Å². The van der Waals surface area contributed by atoms with Crippen LogP contribution in [0, 0.1) is 0 Å². The van der Waals surface area contributed by atoms with Crippen LogP contribution in [0.1, 0.15) is 35.8 Å². The van der Waals surface area contributed by atoms with Gasteiger partial charge in [0.2, 0.25) is 5.88 Å². The van der Waals surface area contributed by atoms with Gasteiger partial charge in [0, 0.05) is 0 Å². The van der Waals surface area contributed by atoms with Crippen LogP contribution in [0.15, 0.2) is 36.7 Å². The summed E-state index contributed by atoms with van der Waals surface area (Å²) in [4.78, 5) is 18.4. The third kappa shape index (κ3) is 3.28. The molecule has 1 aromatic heterocycles. The fourth-order valence-corrected chi connectivity index (χ4v) is 1.56. The minimum absolute atomic E-state index is 0.141. The summed E-state index contributed by atoms with van der Waals surface area (Å²) in [5.41, 5.74) is 0.998. The van der Waals surface area contributed by atoms with Gasteiger partial charge in [-0.25, -0.2) is 9.78 Å². The number of carboxylic acid groups (broad SMARTS) is 1. The summed E-state index contributed by atoms with van der Waals surface area (Å²) in [6.07, 6.45) is 2.56. The Morgan fingerprint density at radius 2 is 2.11 bits per heavy atom. The highest BCUT2D eigenvalue weighted by Crippen LogP contribution is 2.23. The summed E-state index contributed by atoms with van der Waals surface area (Å²) in [5.74, 6) is 0.0396. The standard InChI is InChI=1S/C14H14N2O3/c1-9(2)10-4-3-5-11(6-10)19-13-8-15-7-12(16-13)14(17)18/h3-9H,1-2H3,(H,17,18).